The van der Waals surface area contributed by atoms with Crippen molar-refractivity contribution < 1.29 is 0 Å². The van der Waals surface area contributed by atoms with Gasteiger partial charge in [-0.05, 0) is 37.4 Å². The van der Waals surface area contributed by atoms with Crippen LogP contribution in [0, 0.1) is 0 Å². The van der Waals surface area contributed by atoms with Gasteiger partial charge in [-0.3, -0.25) is 0 Å². The number of hydrogen-bond donors (Lipinski definition) is 1. The molecule has 0 aliphatic heterocycles. The SMILES string of the molecule is CCCNc1cc(CN(C)CCSC)ccn1. The van der Waals surface area contributed by atoms with Crippen molar-refractivity contribution in [1.82, 2.24) is 9.88 Å². The Morgan fingerprint density at radius 2 is 2.29 bits per heavy atom. The van der Waals surface area contributed by atoms with E-state index in [2.05, 4.69) is 47.6 Å². The van der Waals surface area contributed by atoms with Gasteiger partial charge in [0.1, 0.15) is 5.82 Å². The molecule has 0 amide bonds. The van der Waals surface area contributed by atoms with Crippen LogP contribution < -0.4 is 5.32 Å². The van der Waals surface area contributed by atoms with E-state index in [0.717, 1.165) is 31.9 Å². The Morgan fingerprint density at radius 1 is 1.47 bits per heavy atom. The summed E-state index contributed by atoms with van der Waals surface area (Å²) in [6, 6.07) is 4.23. The molecule has 3 nitrogen and oxygen atoms in total. The van der Waals surface area contributed by atoms with Gasteiger partial charge < -0.3 is 10.2 Å². The average molecular weight is 253 g/mol. The fourth-order valence-electron chi connectivity index (χ4n) is 1.56. The van der Waals surface area contributed by atoms with Crippen LogP contribution in [0.4, 0.5) is 5.82 Å². The highest BCUT2D eigenvalue weighted by atomic mass is 32.2. The van der Waals surface area contributed by atoms with E-state index in [1.54, 1.807) is 0 Å². The molecule has 0 saturated heterocycles. The topological polar surface area (TPSA) is 28.2 Å². The summed E-state index contributed by atoms with van der Waals surface area (Å²) >= 11 is 1.89. The van der Waals surface area contributed by atoms with Crippen LogP contribution >= 0.6 is 11.8 Å². The molecule has 0 aliphatic carbocycles. The molecule has 0 saturated carbocycles. The van der Waals surface area contributed by atoms with Crippen molar-refractivity contribution in [1.29, 1.82) is 0 Å². The monoisotopic (exact) mass is 253 g/mol. The molecule has 0 aliphatic rings. The molecule has 96 valence electrons. The molecular weight excluding hydrogens is 230 g/mol. The summed E-state index contributed by atoms with van der Waals surface area (Å²) in [5.74, 6) is 2.17. The number of nitrogens with zero attached hydrogens (tertiary/aromatic N) is 2. The van der Waals surface area contributed by atoms with Crippen molar-refractivity contribution >= 4 is 17.6 Å². The molecule has 0 spiro atoms. The lowest BCUT2D eigenvalue weighted by Crippen LogP contribution is -2.20. The van der Waals surface area contributed by atoms with Crippen molar-refractivity contribution in [2.24, 2.45) is 0 Å². The number of anilines is 1. The second-order valence-corrected chi connectivity index (χ2v) is 5.19. The fraction of sp³-hybridized carbons (Fsp3) is 0.615. The van der Waals surface area contributed by atoms with Gasteiger partial charge in [-0.2, -0.15) is 11.8 Å². The number of aromatic nitrogens is 1. The summed E-state index contributed by atoms with van der Waals surface area (Å²) in [5, 5.41) is 3.32. The normalized spacial score (nSPS) is 10.8. The van der Waals surface area contributed by atoms with E-state index in [1.165, 1.54) is 11.3 Å². The summed E-state index contributed by atoms with van der Waals surface area (Å²) in [7, 11) is 2.16. The minimum atomic E-state index is 0.985. The Balaban J connectivity index is 2.47. The molecule has 0 bridgehead atoms. The van der Waals surface area contributed by atoms with E-state index < -0.39 is 0 Å². The third-order valence-electron chi connectivity index (χ3n) is 2.51. The first kappa shape index (κ1) is 14.3. The van der Waals surface area contributed by atoms with Gasteiger partial charge in [0.2, 0.25) is 0 Å². The molecule has 0 atom stereocenters. The largest absolute Gasteiger partial charge is 0.370 e. The molecule has 1 rings (SSSR count). The molecule has 1 heterocycles. The zero-order chi connectivity index (χ0) is 12.5. The summed E-state index contributed by atoms with van der Waals surface area (Å²) in [4.78, 5) is 6.66. The van der Waals surface area contributed by atoms with E-state index >= 15 is 0 Å². The molecule has 0 unspecified atom stereocenters. The van der Waals surface area contributed by atoms with Crippen molar-refractivity contribution in [3.63, 3.8) is 0 Å². The van der Waals surface area contributed by atoms with Gasteiger partial charge in [0.05, 0.1) is 0 Å². The Morgan fingerprint density at radius 3 is 3.00 bits per heavy atom. The summed E-state index contributed by atoms with van der Waals surface area (Å²) in [6.45, 7) is 5.26. The van der Waals surface area contributed by atoms with Crippen LogP contribution in [-0.2, 0) is 6.54 Å². The lowest BCUT2D eigenvalue weighted by Gasteiger charge is -2.16. The molecule has 4 heteroatoms. The zero-order valence-electron chi connectivity index (χ0n) is 11.1. The summed E-state index contributed by atoms with van der Waals surface area (Å²) in [5.41, 5.74) is 1.32. The highest BCUT2D eigenvalue weighted by Gasteiger charge is 2.01. The van der Waals surface area contributed by atoms with Crippen molar-refractivity contribution in [3.8, 4) is 0 Å². The van der Waals surface area contributed by atoms with E-state index in [4.69, 9.17) is 0 Å². The first-order valence-electron chi connectivity index (χ1n) is 6.12. The van der Waals surface area contributed by atoms with Crippen molar-refractivity contribution in [2.75, 3.05) is 37.5 Å². The molecule has 1 aromatic rings. The van der Waals surface area contributed by atoms with E-state index in [1.807, 2.05) is 18.0 Å². The van der Waals surface area contributed by atoms with Gasteiger partial charge in [-0.1, -0.05) is 6.92 Å². The Hall–Kier alpha value is -0.740. The highest BCUT2D eigenvalue weighted by molar-refractivity contribution is 7.98. The molecule has 17 heavy (non-hydrogen) atoms. The standard InChI is InChI=1S/C13H23N3S/c1-4-6-14-13-10-12(5-7-15-13)11-16(2)8-9-17-3/h5,7,10H,4,6,8-9,11H2,1-3H3,(H,14,15). The van der Waals surface area contributed by atoms with Crippen LogP contribution in [0.3, 0.4) is 0 Å². The quantitative estimate of drug-likeness (QED) is 0.771. The van der Waals surface area contributed by atoms with E-state index in [0.29, 0.717) is 0 Å². The Bertz CT molecular complexity index is 317. The van der Waals surface area contributed by atoms with E-state index in [9.17, 15) is 0 Å². The first-order valence-corrected chi connectivity index (χ1v) is 7.52. The zero-order valence-corrected chi connectivity index (χ0v) is 11.9. The number of thioether (sulfide) groups is 1. The molecule has 0 fully saturated rings. The predicted molar refractivity (Wildman–Crippen MR) is 77.7 cm³/mol. The van der Waals surface area contributed by atoms with Crippen LogP contribution in [0.25, 0.3) is 0 Å². The Kier molecular flexibility index (Phi) is 7.05. The first-order chi connectivity index (χ1) is 8.26. The number of pyridine rings is 1. The number of rotatable bonds is 8. The lowest BCUT2D eigenvalue weighted by molar-refractivity contribution is 0.348. The van der Waals surface area contributed by atoms with Gasteiger partial charge in [0, 0.05) is 31.6 Å². The lowest BCUT2D eigenvalue weighted by atomic mass is 10.2. The summed E-state index contributed by atoms with van der Waals surface area (Å²) in [6.07, 6.45) is 5.16. The smallest absolute Gasteiger partial charge is 0.126 e. The third kappa shape index (κ3) is 5.94. The molecular formula is C13H23N3S. The minimum Gasteiger partial charge on any atom is -0.370 e. The molecule has 1 N–H and O–H groups in total. The molecule has 0 radical (unpaired) electrons. The second-order valence-electron chi connectivity index (χ2n) is 4.21. The van der Waals surface area contributed by atoms with E-state index in [-0.39, 0.29) is 0 Å². The van der Waals surface area contributed by atoms with Crippen LogP contribution in [0.5, 0.6) is 0 Å². The van der Waals surface area contributed by atoms with Crippen LogP contribution in [-0.4, -0.2) is 42.0 Å². The maximum Gasteiger partial charge on any atom is 0.126 e. The van der Waals surface area contributed by atoms with Crippen LogP contribution in [0.1, 0.15) is 18.9 Å². The highest BCUT2D eigenvalue weighted by Crippen LogP contribution is 2.09. The van der Waals surface area contributed by atoms with Crippen molar-refractivity contribution in [2.45, 2.75) is 19.9 Å². The second kappa shape index (κ2) is 8.37. The summed E-state index contributed by atoms with van der Waals surface area (Å²) < 4.78 is 0. The number of hydrogen-bond acceptors (Lipinski definition) is 4. The van der Waals surface area contributed by atoms with Crippen LogP contribution in [0.2, 0.25) is 0 Å². The van der Waals surface area contributed by atoms with Crippen LogP contribution in [0.15, 0.2) is 18.3 Å². The maximum absolute atomic E-state index is 4.31. The maximum atomic E-state index is 4.31. The van der Waals surface area contributed by atoms with Crippen molar-refractivity contribution in [3.05, 3.63) is 23.9 Å². The Labute approximate surface area is 109 Å². The average Bonchev–Trinajstić information content (AvgIpc) is 2.34. The predicted octanol–water partition coefficient (Wildman–Crippen LogP) is 2.70. The fourth-order valence-corrected chi connectivity index (χ4v) is 2.05. The van der Waals surface area contributed by atoms with Gasteiger partial charge >= 0.3 is 0 Å². The van der Waals surface area contributed by atoms with Gasteiger partial charge in [-0.25, -0.2) is 4.98 Å². The van der Waals surface area contributed by atoms with Gasteiger partial charge in [0.15, 0.2) is 0 Å². The van der Waals surface area contributed by atoms with Gasteiger partial charge in [-0.15, -0.1) is 0 Å². The number of nitrogens with one attached hydrogen (secondary N) is 1. The molecule has 0 aromatic carbocycles. The van der Waals surface area contributed by atoms with Gasteiger partial charge in [0.25, 0.3) is 0 Å². The minimum absolute atomic E-state index is 0.985. The third-order valence-corrected chi connectivity index (χ3v) is 3.10. The molecule has 1 aromatic heterocycles.